The van der Waals surface area contributed by atoms with Gasteiger partial charge in [0.25, 0.3) is 0 Å². The zero-order valence-electron chi connectivity index (χ0n) is 9.33. The highest BCUT2D eigenvalue weighted by molar-refractivity contribution is 5.71. The van der Waals surface area contributed by atoms with Gasteiger partial charge in [-0.1, -0.05) is 32.1 Å². The summed E-state index contributed by atoms with van der Waals surface area (Å²) < 4.78 is 0. The first-order valence-corrected chi connectivity index (χ1v) is 5.00. The van der Waals surface area contributed by atoms with Crippen molar-refractivity contribution in [2.45, 2.75) is 27.7 Å². The first-order valence-electron chi connectivity index (χ1n) is 5.00. The number of nitrogens with one attached hydrogen (secondary N) is 1. The number of rotatable bonds is 3. The Morgan fingerprint density at radius 2 is 2.21 bits per heavy atom. The Hall–Kier alpha value is -1.31. The average Bonchev–Trinajstić information content (AvgIpc) is 2.53. The summed E-state index contributed by atoms with van der Waals surface area (Å²) in [6, 6.07) is 2.06. The first kappa shape index (κ1) is 10.8. The molecule has 0 saturated carbocycles. The lowest BCUT2D eigenvalue weighted by Crippen LogP contribution is -1.83. The van der Waals surface area contributed by atoms with Crippen LogP contribution < -0.4 is 0 Å². The molecule has 0 atom stereocenters. The summed E-state index contributed by atoms with van der Waals surface area (Å²) >= 11 is 0. The van der Waals surface area contributed by atoms with Gasteiger partial charge in [0.2, 0.25) is 0 Å². The highest BCUT2D eigenvalue weighted by Crippen LogP contribution is 2.14. The Balaban J connectivity index is 2.84. The summed E-state index contributed by atoms with van der Waals surface area (Å²) in [6.07, 6.45) is 6.38. The summed E-state index contributed by atoms with van der Waals surface area (Å²) in [4.78, 5) is 0. The summed E-state index contributed by atoms with van der Waals surface area (Å²) in [5, 5.41) is 7.17. The molecule has 0 saturated heterocycles. The van der Waals surface area contributed by atoms with Crippen LogP contribution in [0.15, 0.2) is 24.3 Å². The lowest BCUT2D eigenvalue weighted by Gasteiger charge is -1.97. The van der Waals surface area contributed by atoms with Crippen LogP contribution in [-0.2, 0) is 0 Å². The van der Waals surface area contributed by atoms with Crippen LogP contribution in [0.3, 0.4) is 0 Å². The van der Waals surface area contributed by atoms with E-state index in [1.165, 1.54) is 5.57 Å². The van der Waals surface area contributed by atoms with Gasteiger partial charge in [-0.25, -0.2) is 0 Å². The predicted molar refractivity (Wildman–Crippen MR) is 61.0 cm³/mol. The molecule has 1 rings (SSSR count). The van der Waals surface area contributed by atoms with Crippen molar-refractivity contribution in [3.8, 4) is 0 Å². The molecule has 0 aliphatic heterocycles. The minimum absolute atomic E-state index is 0.574. The molecule has 2 nitrogen and oxygen atoms in total. The molecule has 0 bridgehead atoms. The van der Waals surface area contributed by atoms with Gasteiger partial charge in [0.15, 0.2) is 0 Å². The summed E-state index contributed by atoms with van der Waals surface area (Å²) in [6.45, 7) is 8.37. The zero-order chi connectivity index (χ0) is 10.6. The summed E-state index contributed by atoms with van der Waals surface area (Å²) in [5.74, 6) is 0.574. The molecule has 0 unspecified atom stereocenters. The van der Waals surface area contributed by atoms with E-state index in [9.17, 15) is 0 Å². The standard InChI is InChI=1S/C12H18N2/c1-5-11(7-6-9(2)3)12-8-10(4)13-14-12/h5-9H,1-4H3,(H,13,14)/b7-6-,11-5+. The molecule has 0 fully saturated rings. The molecule has 0 amide bonds. The van der Waals surface area contributed by atoms with Crippen LogP contribution in [0, 0.1) is 12.8 Å². The van der Waals surface area contributed by atoms with E-state index in [1.807, 2.05) is 13.8 Å². The van der Waals surface area contributed by atoms with Crippen LogP contribution in [0.1, 0.15) is 32.2 Å². The van der Waals surface area contributed by atoms with E-state index in [1.54, 1.807) is 0 Å². The third-order valence-corrected chi connectivity index (χ3v) is 1.97. The van der Waals surface area contributed by atoms with E-state index in [-0.39, 0.29) is 0 Å². The van der Waals surface area contributed by atoms with Gasteiger partial charge in [-0.15, -0.1) is 0 Å². The van der Waals surface area contributed by atoms with E-state index in [0.29, 0.717) is 5.92 Å². The van der Waals surface area contributed by atoms with Gasteiger partial charge in [-0.05, 0) is 31.4 Å². The van der Waals surface area contributed by atoms with Gasteiger partial charge in [-0.3, -0.25) is 5.10 Å². The Morgan fingerprint density at radius 3 is 2.64 bits per heavy atom. The van der Waals surface area contributed by atoms with Crippen molar-refractivity contribution in [1.29, 1.82) is 0 Å². The van der Waals surface area contributed by atoms with Crippen molar-refractivity contribution in [2.24, 2.45) is 5.92 Å². The number of aromatic nitrogens is 2. The topological polar surface area (TPSA) is 28.7 Å². The summed E-state index contributed by atoms with van der Waals surface area (Å²) in [7, 11) is 0. The number of hydrogen-bond acceptors (Lipinski definition) is 1. The fraction of sp³-hybridized carbons (Fsp3) is 0.417. The van der Waals surface area contributed by atoms with Crippen molar-refractivity contribution in [3.63, 3.8) is 0 Å². The van der Waals surface area contributed by atoms with Crippen molar-refractivity contribution in [1.82, 2.24) is 10.2 Å². The molecule has 0 aliphatic rings. The van der Waals surface area contributed by atoms with Crippen molar-refractivity contribution >= 4 is 5.57 Å². The minimum Gasteiger partial charge on any atom is -0.282 e. The molecule has 1 N–H and O–H groups in total. The van der Waals surface area contributed by atoms with Crippen LogP contribution in [0.4, 0.5) is 0 Å². The Kier molecular flexibility index (Phi) is 3.69. The second-order valence-corrected chi connectivity index (χ2v) is 3.78. The van der Waals surface area contributed by atoms with Crippen LogP contribution in [-0.4, -0.2) is 10.2 Å². The molecule has 1 aromatic heterocycles. The normalized spacial score (nSPS) is 13.1. The Morgan fingerprint density at radius 1 is 1.50 bits per heavy atom. The highest BCUT2D eigenvalue weighted by Gasteiger charge is 2.00. The quantitative estimate of drug-likeness (QED) is 0.728. The average molecular weight is 190 g/mol. The number of H-pyrrole nitrogens is 1. The molecule has 1 aromatic rings. The maximum atomic E-state index is 4.22. The molecule has 0 aliphatic carbocycles. The van der Waals surface area contributed by atoms with Crippen LogP contribution in [0.2, 0.25) is 0 Å². The second-order valence-electron chi connectivity index (χ2n) is 3.78. The van der Waals surface area contributed by atoms with Gasteiger partial charge >= 0.3 is 0 Å². The molecular weight excluding hydrogens is 172 g/mol. The molecular formula is C12H18N2. The Labute approximate surface area is 85.7 Å². The second kappa shape index (κ2) is 4.80. The van der Waals surface area contributed by atoms with E-state index >= 15 is 0 Å². The number of aryl methyl sites for hydroxylation is 1. The number of hydrogen-bond donors (Lipinski definition) is 1. The lowest BCUT2D eigenvalue weighted by atomic mass is 10.1. The van der Waals surface area contributed by atoms with Crippen LogP contribution in [0.25, 0.3) is 5.57 Å². The van der Waals surface area contributed by atoms with E-state index in [0.717, 1.165) is 11.4 Å². The molecule has 0 aromatic carbocycles. The minimum atomic E-state index is 0.574. The van der Waals surface area contributed by atoms with Gasteiger partial charge < -0.3 is 0 Å². The van der Waals surface area contributed by atoms with Gasteiger partial charge in [0.05, 0.1) is 5.69 Å². The zero-order valence-corrected chi connectivity index (χ0v) is 9.33. The third kappa shape index (κ3) is 2.87. The van der Waals surface area contributed by atoms with Crippen molar-refractivity contribution in [3.05, 3.63) is 35.7 Å². The van der Waals surface area contributed by atoms with Gasteiger partial charge in [0, 0.05) is 5.69 Å². The van der Waals surface area contributed by atoms with Gasteiger partial charge in [-0.2, -0.15) is 5.10 Å². The van der Waals surface area contributed by atoms with Crippen LogP contribution >= 0.6 is 0 Å². The maximum Gasteiger partial charge on any atom is 0.0919 e. The molecule has 1 heterocycles. The number of nitrogens with zero attached hydrogens (tertiary/aromatic N) is 1. The maximum absolute atomic E-state index is 4.22. The molecule has 0 spiro atoms. The third-order valence-electron chi connectivity index (χ3n) is 1.97. The SMILES string of the molecule is C/C=C(\C=C/C(C)C)c1cc(C)[nH]n1. The predicted octanol–water partition coefficient (Wildman–Crippen LogP) is 3.33. The lowest BCUT2D eigenvalue weighted by molar-refractivity contribution is 0.832. The van der Waals surface area contributed by atoms with Gasteiger partial charge in [0.1, 0.15) is 0 Å². The Bertz CT molecular complexity index is 343. The van der Waals surface area contributed by atoms with E-state index in [4.69, 9.17) is 0 Å². The van der Waals surface area contributed by atoms with Crippen LogP contribution in [0.5, 0.6) is 0 Å². The highest BCUT2D eigenvalue weighted by atomic mass is 15.1. The smallest absolute Gasteiger partial charge is 0.0919 e. The largest absolute Gasteiger partial charge is 0.282 e. The van der Waals surface area contributed by atoms with E-state index < -0.39 is 0 Å². The van der Waals surface area contributed by atoms with E-state index in [2.05, 4.69) is 48.3 Å². The fourth-order valence-electron chi connectivity index (χ4n) is 1.19. The van der Waals surface area contributed by atoms with Crippen molar-refractivity contribution < 1.29 is 0 Å². The molecule has 76 valence electrons. The molecule has 2 heteroatoms. The molecule has 0 radical (unpaired) electrons. The first-order chi connectivity index (χ1) is 6.63. The number of allylic oxidation sites excluding steroid dienone is 4. The van der Waals surface area contributed by atoms with Crippen molar-refractivity contribution in [2.75, 3.05) is 0 Å². The summed E-state index contributed by atoms with van der Waals surface area (Å²) in [5.41, 5.74) is 3.28. The molecule has 14 heavy (non-hydrogen) atoms. The fourth-order valence-corrected chi connectivity index (χ4v) is 1.19. The monoisotopic (exact) mass is 190 g/mol. The number of aromatic amines is 1.